The van der Waals surface area contributed by atoms with Crippen LogP contribution < -0.4 is 5.32 Å². The third-order valence-corrected chi connectivity index (χ3v) is 8.28. The number of thiophene rings is 1. The fourth-order valence-corrected chi connectivity index (χ4v) is 6.38. The molecule has 0 bridgehead atoms. The molecular formula is C24H25BrN4O3S2. The van der Waals surface area contributed by atoms with Crippen molar-refractivity contribution in [2.45, 2.75) is 37.9 Å². The molecule has 2 heterocycles. The molecule has 1 unspecified atom stereocenters. The van der Waals surface area contributed by atoms with Gasteiger partial charge in [0.05, 0.1) is 18.4 Å². The van der Waals surface area contributed by atoms with Crippen LogP contribution in [0.15, 0.2) is 46.5 Å². The lowest BCUT2D eigenvalue weighted by Crippen LogP contribution is -2.17. The van der Waals surface area contributed by atoms with Crippen LogP contribution in [0.25, 0.3) is 11.4 Å². The summed E-state index contributed by atoms with van der Waals surface area (Å²) in [5.74, 6) is 0.796. The number of fused-ring (bicyclic) bond motifs is 1. The number of aromatic nitrogens is 3. The minimum atomic E-state index is -0.403. The van der Waals surface area contributed by atoms with Crippen LogP contribution in [-0.2, 0) is 28.9 Å². The van der Waals surface area contributed by atoms with Crippen molar-refractivity contribution in [2.75, 3.05) is 18.2 Å². The number of rotatable bonds is 8. The topological polar surface area (TPSA) is 86.1 Å². The fourth-order valence-electron chi connectivity index (χ4n) is 3.95. The van der Waals surface area contributed by atoms with Crippen LogP contribution in [0.1, 0.15) is 34.1 Å². The Kier molecular flexibility index (Phi) is 7.90. The number of thioether (sulfide) groups is 1. The van der Waals surface area contributed by atoms with E-state index in [1.165, 1.54) is 30.2 Å². The third kappa shape index (κ3) is 5.29. The van der Waals surface area contributed by atoms with Crippen molar-refractivity contribution < 1.29 is 14.3 Å². The van der Waals surface area contributed by atoms with Gasteiger partial charge in [0.15, 0.2) is 11.0 Å². The molecule has 0 saturated carbocycles. The van der Waals surface area contributed by atoms with E-state index in [4.69, 9.17) is 4.74 Å². The summed E-state index contributed by atoms with van der Waals surface area (Å²) >= 11 is 6.22. The standard InChI is InChI=1S/C24H25BrN4O3S2/c1-4-11-29-21(15-6-8-16(25)9-7-15)27-28-24(29)33-13-19(30)26-22-20(23(31)32-3)17-10-5-14(2)12-18(17)34-22/h4,6-9,14H,1,5,10-13H2,2-3H3,(H,26,30). The number of anilines is 1. The maximum Gasteiger partial charge on any atom is 0.341 e. The number of hydrogen-bond acceptors (Lipinski definition) is 7. The van der Waals surface area contributed by atoms with Crippen LogP contribution in [0.2, 0.25) is 0 Å². The number of nitrogens with one attached hydrogen (secondary N) is 1. The second-order valence-electron chi connectivity index (χ2n) is 8.10. The SMILES string of the molecule is C=CCn1c(SCC(=O)Nc2sc3c(c2C(=O)OC)CCC(C)C3)nnc1-c1ccc(Br)cc1. The first kappa shape index (κ1) is 24.7. The number of halogens is 1. The van der Waals surface area contributed by atoms with Crippen molar-refractivity contribution in [1.82, 2.24) is 14.8 Å². The first-order valence-electron chi connectivity index (χ1n) is 10.9. The highest BCUT2D eigenvalue weighted by molar-refractivity contribution is 9.10. The van der Waals surface area contributed by atoms with Crippen molar-refractivity contribution in [3.8, 4) is 11.4 Å². The lowest BCUT2D eigenvalue weighted by molar-refractivity contribution is -0.113. The van der Waals surface area contributed by atoms with Crippen LogP contribution in [0.3, 0.4) is 0 Å². The highest BCUT2D eigenvalue weighted by atomic mass is 79.9. The summed E-state index contributed by atoms with van der Waals surface area (Å²) in [6.07, 6.45) is 4.54. The second kappa shape index (κ2) is 10.9. The van der Waals surface area contributed by atoms with Crippen molar-refractivity contribution in [2.24, 2.45) is 5.92 Å². The summed E-state index contributed by atoms with van der Waals surface area (Å²) in [6, 6.07) is 7.82. The summed E-state index contributed by atoms with van der Waals surface area (Å²) in [7, 11) is 1.37. The van der Waals surface area contributed by atoms with E-state index in [1.54, 1.807) is 6.08 Å². The number of ether oxygens (including phenoxy) is 1. The number of benzene rings is 1. The maximum atomic E-state index is 12.8. The summed E-state index contributed by atoms with van der Waals surface area (Å²) < 4.78 is 7.92. The van der Waals surface area contributed by atoms with Gasteiger partial charge in [-0.05, 0) is 42.9 Å². The third-order valence-electron chi connectivity index (χ3n) is 5.62. The zero-order valence-corrected chi connectivity index (χ0v) is 22.2. The molecule has 0 fully saturated rings. The van der Waals surface area contributed by atoms with Crippen molar-refractivity contribution >= 4 is 55.9 Å². The van der Waals surface area contributed by atoms with Gasteiger partial charge in [-0.15, -0.1) is 28.1 Å². The van der Waals surface area contributed by atoms with Gasteiger partial charge in [0.2, 0.25) is 5.91 Å². The highest BCUT2D eigenvalue weighted by Gasteiger charge is 2.29. The van der Waals surface area contributed by atoms with E-state index >= 15 is 0 Å². The van der Waals surface area contributed by atoms with E-state index in [0.717, 1.165) is 39.7 Å². The summed E-state index contributed by atoms with van der Waals surface area (Å²) in [4.78, 5) is 26.5. The number of hydrogen-bond donors (Lipinski definition) is 1. The molecule has 0 radical (unpaired) electrons. The minimum absolute atomic E-state index is 0.134. The number of carbonyl (C=O) groups is 2. The first-order chi connectivity index (χ1) is 16.4. The molecule has 10 heteroatoms. The molecule has 34 heavy (non-hydrogen) atoms. The van der Waals surface area contributed by atoms with Crippen molar-refractivity contribution in [1.29, 1.82) is 0 Å². The van der Waals surface area contributed by atoms with Gasteiger partial charge in [-0.3, -0.25) is 9.36 Å². The Labute approximate surface area is 215 Å². The summed E-state index contributed by atoms with van der Waals surface area (Å²) in [6.45, 7) is 6.56. The van der Waals surface area contributed by atoms with Gasteiger partial charge in [0, 0.05) is 21.5 Å². The van der Waals surface area contributed by atoms with Gasteiger partial charge >= 0.3 is 5.97 Å². The smallest absolute Gasteiger partial charge is 0.341 e. The molecule has 7 nitrogen and oxygen atoms in total. The molecule has 1 atom stereocenters. The Morgan fingerprint density at radius 1 is 1.35 bits per heavy atom. The molecule has 1 aliphatic carbocycles. The Morgan fingerprint density at radius 3 is 2.82 bits per heavy atom. The molecule has 2 aromatic heterocycles. The molecule has 4 rings (SSSR count). The van der Waals surface area contributed by atoms with Gasteiger partial charge in [0.25, 0.3) is 0 Å². The number of allylic oxidation sites excluding steroid dienone is 1. The number of esters is 1. The number of nitrogens with zero attached hydrogens (tertiary/aromatic N) is 3. The largest absolute Gasteiger partial charge is 0.465 e. The first-order valence-corrected chi connectivity index (χ1v) is 13.5. The molecule has 1 N–H and O–H groups in total. The Bertz CT molecular complexity index is 1220. The van der Waals surface area contributed by atoms with Crippen LogP contribution in [0.4, 0.5) is 5.00 Å². The van der Waals surface area contributed by atoms with Gasteiger partial charge in [0.1, 0.15) is 5.00 Å². The Hall–Kier alpha value is -2.43. The van der Waals surface area contributed by atoms with Crippen LogP contribution >= 0.6 is 39.0 Å². The number of carbonyl (C=O) groups excluding carboxylic acids is 2. The summed E-state index contributed by atoms with van der Waals surface area (Å²) in [5, 5.41) is 12.8. The number of amides is 1. The quantitative estimate of drug-likeness (QED) is 0.219. The number of methoxy groups -OCH3 is 1. The fraction of sp³-hybridized carbons (Fsp3) is 0.333. The van der Waals surface area contributed by atoms with E-state index in [2.05, 4.69) is 44.9 Å². The maximum absolute atomic E-state index is 12.8. The molecule has 178 valence electrons. The van der Waals surface area contributed by atoms with Crippen molar-refractivity contribution in [3.05, 3.63) is 57.4 Å². The van der Waals surface area contributed by atoms with Gasteiger partial charge in [-0.25, -0.2) is 4.79 Å². The van der Waals surface area contributed by atoms with E-state index in [9.17, 15) is 9.59 Å². The van der Waals surface area contributed by atoms with E-state index in [1.807, 2.05) is 28.8 Å². The Morgan fingerprint density at radius 2 is 2.12 bits per heavy atom. The lowest BCUT2D eigenvalue weighted by atomic mass is 9.88. The predicted molar refractivity (Wildman–Crippen MR) is 140 cm³/mol. The van der Waals surface area contributed by atoms with E-state index in [-0.39, 0.29) is 11.7 Å². The van der Waals surface area contributed by atoms with Gasteiger partial charge in [-0.2, -0.15) is 0 Å². The molecule has 0 saturated heterocycles. The average molecular weight is 562 g/mol. The van der Waals surface area contributed by atoms with Crippen LogP contribution in [0, 0.1) is 5.92 Å². The molecule has 3 aromatic rings. The van der Waals surface area contributed by atoms with Gasteiger partial charge < -0.3 is 10.1 Å². The molecule has 1 aliphatic rings. The van der Waals surface area contributed by atoms with Crippen LogP contribution in [0.5, 0.6) is 0 Å². The summed E-state index contributed by atoms with van der Waals surface area (Å²) in [5.41, 5.74) is 2.44. The predicted octanol–water partition coefficient (Wildman–Crippen LogP) is 5.60. The van der Waals surface area contributed by atoms with Crippen molar-refractivity contribution in [3.63, 3.8) is 0 Å². The van der Waals surface area contributed by atoms with Gasteiger partial charge in [-0.1, -0.05) is 52.8 Å². The lowest BCUT2D eigenvalue weighted by Gasteiger charge is -2.18. The van der Waals surface area contributed by atoms with E-state index < -0.39 is 5.97 Å². The average Bonchev–Trinajstić information content (AvgIpc) is 3.38. The highest BCUT2D eigenvalue weighted by Crippen LogP contribution is 2.40. The van der Waals surface area contributed by atoms with Crippen LogP contribution in [-0.4, -0.2) is 39.5 Å². The molecular weight excluding hydrogens is 536 g/mol. The molecule has 1 amide bonds. The minimum Gasteiger partial charge on any atom is -0.465 e. The second-order valence-corrected chi connectivity index (χ2v) is 11.1. The monoisotopic (exact) mass is 560 g/mol. The molecule has 0 spiro atoms. The molecule has 1 aromatic carbocycles. The van der Waals surface area contributed by atoms with E-state index in [0.29, 0.717) is 34.0 Å². The zero-order valence-electron chi connectivity index (χ0n) is 19.0. The normalized spacial score (nSPS) is 15.0. The molecule has 0 aliphatic heterocycles. The Balaban J connectivity index is 1.50. The zero-order chi connectivity index (χ0) is 24.2.